The lowest BCUT2D eigenvalue weighted by Gasteiger charge is -2.32. The maximum Gasteiger partial charge on any atom is 0.229 e. The molecule has 4 nitrogen and oxygen atoms in total. The van der Waals surface area contributed by atoms with Gasteiger partial charge in [0, 0.05) is 13.1 Å². The smallest absolute Gasteiger partial charge is 0.229 e. The van der Waals surface area contributed by atoms with E-state index in [1.54, 1.807) is 12.1 Å². The van der Waals surface area contributed by atoms with Gasteiger partial charge in [-0.25, -0.2) is 0 Å². The lowest BCUT2D eigenvalue weighted by atomic mass is 9.95. The lowest BCUT2D eigenvalue weighted by Crippen LogP contribution is -2.44. The Hall–Kier alpha value is -2.85. The zero-order valence-corrected chi connectivity index (χ0v) is 16.9. The van der Waals surface area contributed by atoms with E-state index < -0.39 is 0 Å². The first-order valence-corrected chi connectivity index (χ1v) is 10.3. The molecule has 148 valence electrons. The van der Waals surface area contributed by atoms with Gasteiger partial charge in [-0.05, 0) is 41.3 Å². The third-order valence-electron chi connectivity index (χ3n) is 5.50. The number of halogens is 1. The number of rotatable bonds is 4. The van der Waals surface area contributed by atoms with Crippen LogP contribution < -0.4 is 5.32 Å². The van der Waals surface area contributed by atoms with Crippen molar-refractivity contribution in [3.63, 3.8) is 0 Å². The Bertz CT molecular complexity index is 1040. The number of benzene rings is 3. The van der Waals surface area contributed by atoms with E-state index in [1.165, 1.54) is 0 Å². The van der Waals surface area contributed by atoms with E-state index in [4.69, 9.17) is 11.6 Å². The van der Waals surface area contributed by atoms with Crippen LogP contribution in [0.1, 0.15) is 18.4 Å². The van der Waals surface area contributed by atoms with Crippen LogP contribution in [-0.4, -0.2) is 29.8 Å². The van der Waals surface area contributed by atoms with Crippen molar-refractivity contribution < 1.29 is 9.59 Å². The molecule has 3 aromatic carbocycles. The zero-order chi connectivity index (χ0) is 20.2. The predicted octanol–water partition coefficient (Wildman–Crippen LogP) is 4.91. The topological polar surface area (TPSA) is 49.4 Å². The van der Waals surface area contributed by atoms with Gasteiger partial charge in [-0.2, -0.15) is 0 Å². The van der Waals surface area contributed by atoms with Crippen molar-refractivity contribution in [1.82, 2.24) is 4.90 Å². The number of carbonyl (C=O) groups is 2. The van der Waals surface area contributed by atoms with Crippen LogP contribution >= 0.6 is 11.6 Å². The molecule has 1 atom stereocenters. The molecule has 5 heteroatoms. The van der Waals surface area contributed by atoms with Gasteiger partial charge < -0.3 is 10.2 Å². The Morgan fingerprint density at radius 3 is 2.62 bits per heavy atom. The standard InChI is InChI=1S/C24H23ClN2O2/c25-21-12-3-4-13-22(21)26-24(29)19-10-6-14-27(16-19)23(28)15-18-9-5-8-17-7-1-2-11-20(17)18/h1-5,7-9,11-13,19H,6,10,14-16H2,(H,26,29)/t19-/m1/s1. The summed E-state index contributed by atoms with van der Waals surface area (Å²) in [5, 5.41) is 5.66. The number of hydrogen-bond acceptors (Lipinski definition) is 2. The van der Waals surface area contributed by atoms with E-state index in [9.17, 15) is 9.59 Å². The van der Waals surface area contributed by atoms with Crippen molar-refractivity contribution in [2.75, 3.05) is 18.4 Å². The second-order valence-electron chi connectivity index (χ2n) is 7.46. The molecule has 29 heavy (non-hydrogen) atoms. The van der Waals surface area contributed by atoms with E-state index in [1.807, 2.05) is 47.4 Å². The number of carbonyl (C=O) groups excluding carboxylic acids is 2. The molecule has 4 rings (SSSR count). The number of hydrogen-bond donors (Lipinski definition) is 1. The lowest BCUT2D eigenvalue weighted by molar-refractivity contribution is -0.133. The van der Waals surface area contributed by atoms with Gasteiger partial charge in [0.2, 0.25) is 11.8 Å². The Balaban J connectivity index is 1.43. The Labute approximate surface area is 175 Å². The van der Waals surface area contributed by atoms with Crippen molar-refractivity contribution in [3.05, 3.63) is 77.3 Å². The minimum absolute atomic E-state index is 0.0663. The summed E-state index contributed by atoms with van der Waals surface area (Å²) >= 11 is 6.15. The SMILES string of the molecule is O=C(Nc1ccccc1Cl)[C@@H]1CCCN(C(=O)Cc2cccc3ccccc23)C1. The van der Waals surface area contributed by atoms with E-state index >= 15 is 0 Å². The van der Waals surface area contributed by atoms with Gasteiger partial charge in [0.05, 0.1) is 23.0 Å². The predicted molar refractivity (Wildman–Crippen MR) is 117 cm³/mol. The fourth-order valence-corrected chi connectivity index (χ4v) is 4.12. The van der Waals surface area contributed by atoms with Crippen LogP contribution in [0.25, 0.3) is 10.8 Å². The highest BCUT2D eigenvalue weighted by atomic mass is 35.5. The summed E-state index contributed by atoms with van der Waals surface area (Å²) in [4.78, 5) is 27.5. The van der Waals surface area contributed by atoms with Gasteiger partial charge in [0.15, 0.2) is 0 Å². The summed E-state index contributed by atoms with van der Waals surface area (Å²) < 4.78 is 0. The summed E-state index contributed by atoms with van der Waals surface area (Å²) in [6.45, 7) is 1.14. The van der Waals surface area contributed by atoms with Crippen LogP contribution in [0, 0.1) is 5.92 Å². The van der Waals surface area contributed by atoms with E-state index in [0.29, 0.717) is 30.2 Å². The Kier molecular flexibility index (Phi) is 5.81. The second kappa shape index (κ2) is 8.66. The van der Waals surface area contributed by atoms with Gasteiger partial charge in [-0.1, -0.05) is 66.2 Å². The zero-order valence-electron chi connectivity index (χ0n) is 16.1. The van der Waals surface area contributed by atoms with Crippen molar-refractivity contribution in [2.24, 2.45) is 5.92 Å². The quantitative estimate of drug-likeness (QED) is 0.669. The normalized spacial score (nSPS) is 16.6. The Morgan fingerprint density at radius 1 is 1.00 bits per heavy atom. The van der Waals surface area contributed by atoms with Crippen LogP contribution in [0.5, 0.6) is 0 Å². The maximum absolute atomic E-state index is 13.0. The van der Waals surface area contributed by atoms with Crippen molar-refractivity contribution in [3.8, 4) is 0 Å². The number of para-hydroxylation sites is 1. The van der Waals surface area contributed by atoms with Gasteiger partial charge in [-0.3, -0.25) is 9.59 Å². The summed E-state index contributed by atoms with van der Waals surface area (Å²) in [7, 11) is 0. The maximum atomic E-state index is 13.0. The van der Waals surface area contributed by atoms with E-state index in [2.05, 4.69) is 17.4 Å². The van der Waals surface area contributed by atoms with Crippen molar-refractivity contribution in [2.45, 2.75) is 19.3 Å². The summed E-state index contributed by atoms with van der Waals surface area (Å²) in [5.41, 5.74) is 1.63. The third kappa shape index (κ3) is 4.43. The molecule has 0 unspecified atom stereocenters. The molecule has 0 aliphatic carbocycles. The molecular weight excluding hydrogens is 384 g/mol. The van der Waals surface area contributed by atoms with Gasteiger partial charge in [0.25, 0.3) is 0 Å². The fourth-order valence-electron chi connectivity index (χ4n) is 3.94. The highest BCUT2D eigenvalue weighted by Gasteiger charge is 2.28. The van der Waals surface area contributed by atoms with Gasteiger partial charge >= 0.3 is 0 Å². The largest absolute Gasteiger partial charge is 0.342 e. The molecular formula is C24H23ClN2O2. The molecule has 1 N–H and O–H groups in total. The molecule has 0 radical (unpaired) electrons. The van der Waals surface area contributed by atoms with Crippen LogP contribution in [0.2, 0.25) is 5.02 Å². The molecule has 1 heterocycles. The summed E-state index contributed by atoms with van der Waals surface area (Å²) in [6, 6.07) is 21.3. The van der Waals surface area contributed by atoms with Crippen molar-refractivity contribution >= 4 is 39.9 Å². The number of likely N-dealkylation sites (tertiary alicyclic amines) is 1. The van der Waals surface area contributed by atoms with Gasteiger partial charge in [0.1, 0.15) is 0 Å². The van der Waals surface area contributed by atoms with Crippen LogP contribution in [0.15, 0.2) is 66.7 Å². The summed E-state index contributed by atoms with van der Waals surface area (Å²) in [6.07, 6.45) is 1.94. The molecule has 1 saturated heterocycles. The van der Waals surface area contributed by atoms with E-state index in [-0.39, 0.29) is 17.7 Å². The average Bonchev–Trinajstić information content (AvgIpc) is 2.75. The van der Waals surface area contributed by atoms with Crippen LogP contribution in [0.3, 0.4) is 0 Å². The molecule has 0 bridgehead atoms. The Morgan fingerprint density at radius 2 is 1.76 bits per heavy atom. The molecule has 1 aliphatic heterocycles. The molecule has 1 fully saturated rings. The second-order valence-corrected chi connectivity index (χ2v) is 7.87. The molecule has 0 spiro atoms. The number of fused-ring (bicyclic) bond motifs is 1. The summed E-state index contributed by atoms with van der Waals surface area (Å²) in [5.74, 6) is -0.242. The van der Waals surface area contributed by atoms with Crippen molar-refractivity contribution in [1.29, 1.82) is 0 Å². The highest BCUT2D eigenvalue weighted by molar-refractivity contribution is 6.33. The number of piperidine rings is 1. The first kappa shape index (κ1) is 19.5. The fraction of sp³-hybridized carbons (Fsp3) is 0.250. The van der Waals surface area contributed by atoms with Crippen LogP contribution in [-0.2, 0) is 16.0 Å². The first-order valence-electron chi connectivity index (χ1n) is 9.91. The number of nitrogens with one attached hydrogen (secondary N) is 1. The van der Waals surface area contributed by atoms with Crippen LogP contribution in [0.4, 0.5) is 5.69 Å². The molecule has 3 aromatic rings. The number of nitrogens with zero attached hydrogens (tertiary/aromatic N) is 1. The number of anilines is 1. The van der Waals surface area contributed by atoms with E-state index in [0.717, 1.165) is 29.2 Å². The highest BCUT2D eigenvalue weighted by Crippen LogP contribution is 2.25. The number of amides is 2. The minimum atomic E-state index is -0.225. The minimum Gasteiger partial charge on any atom is -0.342 e. The first-order chi connectivity index (χ1) is 14.1. The molecule has 1 aliphatic rings. The monoisotopic (exact) mass is 406 g/mol. The molecule has 0 saturated carbocycles. The molecule has 0 aromatic heterocycles. The molecule has 2 amide bonds. The van der Waals surface area contributed by atoms with Gasteiger partial charge in [-0.15, -0.1) is 0 Å². The average molecular weight is 407 g/mol. The third-order valence-corrected chi connectivity index (χ3v) is 5.83.